The summed E-state index contributed by atoms with van der Waals surface area (Å²) in [6.45, 7) is 5.99. The SMILES string of the molecule is C[C@@H](NC(=O)[C@H]1CC[C@H](C(=O)O)N1)C1CCCC1P(c1ccccc1)c1ccccc1.Cc1ccc(S(=O)(=O)NC(=O)N[C@H](C)C2CCCC2P(c2ccccc2)c2ccccc2)cc1.[CH3-].[CH3-].[CH3-].[CH3-].[Fe+2].[Fe+2].c1ccc(P(c2ccccc2)C2CCCC2)cc1.c1ccc(P(c2ccccc2)C2CCCC2)cc1. The number of carbonyl (C=O) groups excluding carboxylic acids is 2. The van der Waals surface area contributed by atoms with Crippen LogP contribution in [0.2, 0.25) is 0 Å². The topological polar surface area (TPSA) is 154 Å². The Morgan fingerprint density at radius 2 is 0.654 bits per heavy atom. The van der Waals surface area contributed by atoms with Crippen LogP contribution in [0.4, 0.5) is 4.79 Å². The molecule has 4 aliphatic carbocycles. The third-order valence-corrected chi connectivity index (χ3v) is 34.0. The Morgan fingerprint density at radius 3 is 0.944 bits per heavy atom. The summed E-state index contributed by atoms with van der Waals surface area (Å²) >= 11 is 0. The van der Waals surface area contributed by atoms with Gasteiger partial charge in [-0.3, -0.25) is 14.9 Å². The van der Waals surface area contributed by atoms with Gasteiger partial charge in [0.2, 0.25) is 5.91 Å². The summed E-state index contributed by atoms with van der Waals surface area (Å²) in [5, 5.41) is 29.9. The smallest absolute Gasteiger partial charge is 0.480 e. The largest absolute Gasteiger partial charge is 2.00 e. The van der Waals surface area contributed by atoms with Crippen molar-refractivity contribution in [2.75, 3.05) is 0 Å². The molecule has 0 aromatic heterocycles. The van der Waals surface area contributed by atoms with Gasteiger partial charge in [0.05, 0.1) is 10.9 Å². The number of amides is 3. The summed E-state index contributed by atoms with van der Waals surface area (Å²) in [5.41, 5.74) is 3.66. The number of sulfonamides is 1. The number of hydrogen-bond donors (Lipinski definition) is 5. The molecule has 4 saturated carbocycles. The molecular weight excluding hydrogens is 1500 g/mol. The Balaban J connectivity index is 0.000000260. The number of hydrogen-bond acceptors (Lipinski definition) is 6. The molecule has 10 nitrogen and oxygen atoms in total. The van der Waals surface area contributed by atoms with Crippen LogP contribution in [0.15, 0.2) is 272 Å². The second-order valence-electron chi connectivity index (χ2n) is 27.5. The average molecular weight is 1610 g/mol. The van der Waals surface area contributed by atoms with E-state index in [2.05, 4.69) is 258 Å². The van der Waals surface area contributed by atoms with E-state index in [9.17, 15) is 27.9 Å². The fraction of sp³-hybridized carbons (Fsp3) is 0.322. The van der Waals surface area contributed by atoms with Gasteiger partial charge in [-0.05, 0) is 206 Å². The molecule has 0 bridgehead atoms. The molecule has 17 heteroatoms. The van der Waals surface area contributed by atoms with Gasteiger partial charge in [-0.15, -0.1) is 0 Å². The number of aliphatic carboxylic acids is 1. The summed E-state index contributed by atoms with van der Waals surface area (Å²) in [6, 6.07) is 91.9. The van der Waals surface area contributed by atoms with E-state index in [1.54, 1.807) is 33.4 Å². The zero-order chi connectivity index (χ0) is 70.3. The Morgan fingerprint density at radius 1 is 0.374 bits per heavy atom. The van der Waals surface area contributed by atoms with Gasteiger partial charge < -0.3 is 45.4 Å². The van der Waals surface area contributed by atoms with Crippen molar-refractivity contribution in [3.8, 4) is 0 Å². The molecule has 0 radical (unpaired) electrons. The Hall–Kier alpha value is -6.14. The van der Waals surface area contributed by atoms with Crippen LogP contribution in [0.5, 0.6) is 0 Å². The van der Waals surface area contributed by atoms with Gasteiger partial charge in [0.15, 0.2) is 0 Å². The molecule has 5 fully saturated rings. The normalized spacial score (nSPS) is 19.2. The summed E-state index contributed by atoms with van der Waals surface area (Å²) in [6.07, 6.45) is 19.1. The molecule has 4 unspecified atom stereocenters. The van der Waals surface area contributed by atoms with Crippen molar-refractivity contribution in [3.05, 3.63) is 302 Å². The van der Waals surface area contributed by atoms with E-state index >= 15 is 0 Å². The maximum atomic E-state index is 12.8. The van der Waals surface area contributed by atoms with Gasteiger partial charge in [-0.1, -0.05) is 299 Å². The first-order valence-corrected chi connectivity index (χ1v) is 43.7. The predicted octanol–water partition coefficient (Wildman–Crippen LogP) is 17.6. The minimum Gasteiger partial charge on any atom is -0.480 e. The maximum Gasteiger partial charge on any atom is 2.00 e. The second-order valence-corrected chi connectivity index (χ2v) is 39.1. The van der Waals surface area contributed by atoms with Gasteiger partial charge >= 0.3 is 46.1 Å². The molecule has 1 heterocycles. The van der Waals surface area contributed by atoms with Gasteiger partial charge in [0, 0.05) is 12.1 Å². The molecule has 3 amide bonds. The Kier molecular flexibility index (Phi) is 39.8. The molecule has 9 aromatic rings. The number of nitrogens with one attached hydrogen (secondary N) is 4. The van der Waals surface area contributed by atoms with Crippen LogP contribution >= 0.6 is 31.7 Å². The molecule has 107 heavy (non-hydrogen) atoms. The van der Waals surface area contributed by atoms with Crippen LogP contribution in [0.3, 0.4) is 0 Å². The third-order valence-electron chi connectivity index (χ3n) is 20.7. The van der Waals surface area contributed by atoms with Crippen molar-refractivity contribution in [2.24, 2.45) is 11.8 Å². The van der Waals surface area contributed by atoms with E-state index in [1.807, 2.05) is 26.0 Å². The summed E-state index contributed by atoms with van der Waals surface area (Å²) in [4.78, 5) is 36.8. The molecule has 9 aromatic carbocycles. The quantitative estimate of drug-likeness (QED) is 0.0289. The van der Waals surface area contributed by atoms with Crippen molar-refractivity contribution in [3.63, 3.8) is 0 Å². The first-order valence-electron chi connectivity index (χ1n) is 36.6. The molecule has 0 spiro atoms. The minimum atomic E-state index is -3.92. The zero-order valence-corrected chi connectivity index (χ0v) is 70.0. The van der Waals surface area contributed by atoms with Crippen LogP contribution in [-0.4, -0.2) is 78.2 Å². The van der Waals surface area contributed by atoms with Crippen molar-refractivity contribution in [1.82, 2.24) is 20.7 Å². The molecule has 5 aliphatic rings. The first kappa shape index (κ1) is 91.5. The molecule has 14 rings (SSSR count). The van der Waals surface area contributed by atoms with Crippen LogP contribution in [0.25, 0.3) is 0 Å². The minimum absolute atomic E-state index is 0. The molecular formula is C90H112Fe2N4O6P4S. The number of rotatable bonds is 20. The summed E-state index contributed by atoms with van der Waals surface area (Å²) < 4.78 is 27.4. The van der Waals surface area contributed by atoms with E-state index in [0.29, 0.717) is 30.1 Å². The van der Waals surface area contributed by atoms with Crippen molar-refractivity contribution >= 4 is 102 Å². The molecule has 1 aliphatic heterocycles. The van der Waals surface area contributed by atoms with Crippen molar-refractivity contribution in [1.29, 1.82) is 0 Å². The van der Waals surface area contributed by atoms with E-state index < -0.39 is 50.0 Å². The van der Waals surface area contributed by atoms with Gasteiger partial charge in [0.1, 0.15) is 6.04 Å². The Labute approximate surface area is 668 Å². The zero-order valence-electron chi connectivity index (χ0n) is 63.4. The van der Waals surface area contributed by atoms with Crippen molar-refractivity contribution in [2.45, 2.75) is 175 Å². The van der Waals surface area contributed by atoms with Gasteiger partial charge in [-0.2, -0.15) is 0 Å². The van der Waals surface area contributed by atoms with E-state index in [-0.39, 0.29) is 108 Å². The number of aryl methyl sites for hydroxylation is 1. The third kappa shape index (κ3) is 25.4. The van der Waals surface area contributed by atoms with E-state index in [1.165, 1.54) is 97.6 Å². The van der Waals surface area contributed by atoms with Crippen LogP contribution in [0, 0.1) is 48.5 Å². The molecule has 8 atom stereocenters. The van der Waals surface area contributed by atoms with E-state index in [0.717, 1.165) is 42.6 Å². The van der Waals surface area contributed by atoms with Crippen LogP contribution in [-0.2, 0) is 53.7 Å². The monoisotopic (exact) mass is 1610 g/mol. The van der Waals surface area contributed by atoms with E-state index in [4.69, 9.17) is 0 Å². The summed E-state index contributed by atoms with van der Waals surface area (Å²) in [5.74, 6) is -0.271. The van der Waals surface area contributed by atoms with Gasteiger partial charge in [0.25, 0.3) is 10.0 Å². The second kappa shape index (κ2) is 46.5. The molecule has 1 saturated heterocycles. The fourth-order valence-corrected chi connectivity index (χ4v) is 29.3. The van der Waals surface area contributed by atoms with Gasteiger partial charge in [-0.25, -0.2) is 17.9 Å². The molecule has 5 N–H and O–H groups in total. The Bertz CT molecular complexity index is 3840. The number of benzene rings is 9. The number of urea groups is 1. The standard InChI is InChI=1S/C27H31N2O3PS.C25H31N2O3P.2C17H19P.4CH3.2Fe/c1-20-16-18-24(19-17-20)34(31,32)29-27(30)28-21(2)25-14-9-15-26(25)33(22-10-5-3-6-11-22)23-12-7-4-8-13-23;1-17(26-24(28)21-15-16-22(27-21)25(29)30)20-13-8-14-23(20)31(18-9-4-2-5-10-18)19-11-6-3-7-12-19;2*1-3-9-15(10-4-1)18(17-13-7-8-14-17)16-11-5-2-6-12-16;;;;;;/h3-8,10-13,16-19,21,25-26H,9,14-15H2,1-2H3,(H2,28,29,30);2-7,9-12,17,20-23,27H,8,13-16H2,1H3,(H,26,28)(H,29,30);2*1-6,9-12,17H,7-8,13-14H2;4*1H3;;/q;;;;4*-1;2*+2/t21-,25?,26?;17-,20?,21-,22-,23?;;;;;;;;/m11......../s1. The first-order chi connectivity index (χ1) is 49.3. The number of carboxylic acid groups (broad SMARTS) is 1. The predicted molar refractivity (Wildman–Crippen MR) is 453 cm³/mol. The number of carbonyl (C=O) groups is 3. The van der Waals surface area contributed by atoms with Crippen LogP contribution < -0.4 is 63.1 Å². The van der Waals surface area contributed by atoms with Crippen LogP contribution in [0.1, 0.15) is 122 Å². The number of carboxylic acids is 1. The average Bonchev–Trinajstić information content (AvgIpc) is 1.74. The summed E-state index contributed by atoms with van der Waals surface area (Å²) in [7, 11) is -5.35. The molecule has 570 valence electrons. The van der Waals surface area contributed by atoms with Crippen molar-refractivity contribution < 1.29 is 62.0 Å². The maximum absolute atomic E-state index is 12.8. The fourth-order valence-electron chi connectivity index (χ4n) is 15.8.